The zero-order valence-electron chi connectivity index (χ0n) is 8.79. The number of aryl methyl sites for hydroxylation is 1. The molecule has 3 nitrogen and oxygen atoms in total. The Morgan fingerprint density at radius 2 is 2.57 bits per heavy atom. The monoisotopic (exact) mass is 211 g/mol. The van der Waals surface area contributed by atoms with Gasteiger partial charge in [-0.25, -0.2) is 4.98 Å². The maximum absolute atomic E-state index is 4.49. The zero-order valence-corrected chi connectivity index (χ0v) is 9.60. The van der Waals surface area contributed by atoms with Crippen molar-refractivity contribution in [1.82, 2.24) is 15.2 Å². The molecule has 0 saturated carbocycles. The third kappa shape index (κ3) is 2.53. The van der Waals surface area contributed by atoms with Crippen LogP contribution in [-0.4, -0.2) is 35.6 Å². The van der Waals surface area contributed by atoms with Crippen LogP contribution in [0.25, 0.3) is 0 Å². The predicted molar refractivity (Wildman–Crippen MR) is 59.6 cm³/mol. The van der Waals surface area contributed by atoms with Crippen molar-refractivity contribution in [3.05, 3.63) is 16.1 Å². The van der Waals surface area contributed by atoms with Crippen molar-refractivity contribution in [1.29, 1.82) is 0 Å². The quantitative estimate of drug-likeness (QED) is 0.798. The van der Waals surface area contributed by atoms with Gasteiger partial charge in [0.15, 0.2) is 0 Å². The minimum Gasteiger partial charge on any atom is -0.312 e. The van der Waals surface area contributed by atoms with E-state index in [9.17, 15) is 0 Å². The van der Waals surface area contributed by atoms with Crippen LogP contribution in [0.2, 0.25) is 0 Å². The van der Waals surface area contributed by atoms with Crippen LogP contribution in [0.3, 0.4) is 0 Å². The highest BCUT2D eigenvalue weighted by molar-refractivity contribution is 7.09. The normalized spacial score (nSPS) is 24.0. The standard InChI is InChI=1S/C10H17N3S/c1-8-5-13(4-3-11-8)6-10-7-14-9(2)12-10/h7-8,11H,3-6H2,1-2H3/t8-/m0/s1. The van der Waals surface area contributed by atoms with E-state index in [4.69, 9.17) is 0 Å². The Labute approximate surface area is 89.1 Å². The lowest BCUT2D eigenvalue weighted by molar-refractivity contribution is 0.198. The first-order valence-corrected chi connectivity index (χ1v) is 5.99. The van der Waals surface area contributed by atoms with Gasteiger partial charge in [-0.2, -0.15) is 0 Å². The summed E-state index contributed by atoms with van der Waals surface area (Å²) in [4.78, 5) is 6.95. The first-order valence-electron chi connectivity index (χ1n) is 5.11. The molecule has 1 aromatic rings. The van der Waals surface area contributed by atoms with Crippen molar-refractivity contribution in [2.75, 3.05) is 19.6 Å². The summed E-state index contributed by atoms with van der Waals surface area (Å²) in [7, 11) is 0. The summed E-state index contributed by atoms with van der Waals surface area (Å²) in [6.07, 6.45) is 0. The molecule has 1 N–H and O–H groups in total. The van der Waals surface area contributed by atoms with E-state index >= 15 is 0 Å². The molecule has 14 heavy (non-hydrogen) atoms. The fourth-order valence-corrected chi connectivity index (χ4v) is 2.47. The number of hydrogen-bond donors (Lipinski definition) is 1. The lowest BCUT2D eigenvalue weighted by atomic mass is 10.2. The fourth-order valence-electron chi connectivity index (χ4n) is 1.87. The largest absolute Gasteiger partial charge is 0.312 e. The highest BCUT2D eigenvalue weighted by Gasteiger charge is 2.16. The first kappa shape index (κ1) is 10.1. The van der Waals surface area contributed by atoms with Gasteiger partial charge >= 0.3 is 0 Å². The van der Waals surface area contributed by atoms with Gasteiger partial charge in [0.05, 0.1) is 10.7 Å². The second kappa shape index (κ2) is 4.38. The third-order valence-corrected chi connectivity index (χ3v) is 3.33. The van der Waals surface area contributed by atoms with Gasteiger partial charge in [0.1, 0.15) is 0 Å². The molecule has 0 spiro atoms. The molecule has 1 saturated heterocycles. The molecule has 0 bridgehead atoms. The lowest BCUT2D eigenvalue weighted by Crippen LogP contribution is -2.48. The van der Waals surface area contributed by atoms with Gasteiger partial charge in [-0.15, -0.1) is 11.3 Å². The predicted octanol–water partition coefficient (Wildman–Crippen LogP) is 1.25. The summed E-state index contributed by atoms with van der Waals surface area (Å²) in [5, 5.41) is 6.78. The van der Waals surface area contributed by atoms with Crippen molar-refractivity contribution < 1.29 is 0 Å². The average molecular weight is 211 g/mol. The van der Waals surface area contributed by atoms with E-state index in [0.29, 0.717) is 6.04 Å². The average Bonchev–Trinajstić information content (AvgIpc) is 2.51. The molecule has 1 atom stereocenters. The molecule has 1 aliphatic rings. The van der Waals surface area contributed by atoms with Crippen LogP contribution < -0.4 is 5.32 Å². The van der Waals surface area contributed by atoms with Crippen LogP contribution >= 0.6 is 11.3 Å². The SMILES string of the molecule is Cc1nc(CN2CCN[C@@H](C)C2)cs1. The van der Waals surface area contributed by atoms with Gasteiger partial charge in [-0.05, 0) is 13.8 Å². The number of thiazole rings is 1. The van der Waals surface area contributed by atoms with Gasteiger partial charge in [-0.1, -0.05) is 0 Å². The number of piperazine rings is 1. The van der Waals surface area contributed by atoms with Crippen LogP contribution in [0.4, 0.5) is 0 Å². The fraction of sp³-hybridized carbons (Fsp3) is 0.700. The van der Waals surface area contributed by atoms with Crippen molar-refractivity contribution in [2.45, 2.75) is 26.4 Å². The van der Waals surface area contributed by atoms with Gasteiger partial charge in [0, 0.05) is 37.6 Å². The number of rotatable bonds is 2. The maximum Gasteiger partial charge on any atom is 0.0897 e. The van der Waals surface area contributed by atoms with Crippen molar-refractivity contribution >= 4 is 11.3 Å². The summed E-state index contributed by atoms with van der Waals surface area (Å²) < 4.78 is 0. The molecular formula is C10H17N3S. The molecule has 1 aliphatic heterocycles. The number of nitrogens with zero attached hydrogens (tertiary/aromatic N) is 2. The van der Waals surface area contributed by atoms with E-state index in [1.165, 1.54) is 10.7 Å². The zero-order chi connectivity index (χ0) is 9.97. The molecular weight excluding hydrogens is 194 g/mol. The third-order valence-electron chi connectivity index (χ3n) is 2.51. The highest BCUT2D eigenvalue weighted by Crippen LogP contribution is 2.11. The molecule has 1 fully saturated rings. The Bertz CT molecular complexity index is 297. The van der Waals surface area contributed by atoms with Gasteiger partial charge in [0.25, 0.3) is 0 Å². The van der Waals surface area contributed by atoms with E-state index in [1.54, 1.807) is 11.3 Å². The number of nitrogens with one attached hydrogen (secondary N) is 1. The molecule has 2 heterocycles. The van der Waals surface area contributed by atoms with Crippen molar-refractivity contribution in [3.63, 3.8) is 0 Å². The van der Waals surface area contributed by atoms with E-state index in [1.807, 2.05) is 0 Å². The topological polar surface area (TPSA) is 28.2 Å². The van der Waals surface area contributed by atoms with Gasteiger partial charge < -0.3 is 5.32 Å². The summed E-state index contributed by atoms with van der Waals surface area (Å²) in [5.41, 5.74) is 1.22. The van der Waals surface area contributed by atoms with Crippen LogP contribution in [-0.2, 0) is 6.54 Å². The second-order valence-electron chi connectivity index (χ2n) is 3.95. The van der Waals surface area contributed by atoms with Crippen LogP contribution in [0.5, 0.6) is 0 Å². The molecule has 0 unspecified atom stereocenters. The van der Waals surface area contributed by atoms with E-state index in [2.05, 4.69) is 34.4 Å². The van der Waals surface area contributed by atoms with Crippen LogP contribution in [0.1, 0.15) is 17.6 Å². The maximum atomic E-state index is 4.49. The summed E-state index contributed by atoms with van der Waals surface area (Å²) in [6, 6.07) is 0.614. The second-order valence-corrected chi connectivity index (χ2v) is 5.01. The molecule has 4 heteroatoms. The minimum absolute atomic E-state index is 0.614. The molecule has 78 valence electrons. The molecule has 0 aromatic carbocycles. The van der Waals surface area contributed by atoms with E-state index in [-0.39, 0.29) is 0 Å². The van der Waals surface area contributed by atoms with Crippen LogP contribution in [0, 0.1) is 6.92 Å². The molecule has 1 aromatic heterocycles. The Morgan fingerprint density at radius 1 is 1.71 bits per heavy atom. The molecule has 0 aliphatic carbocycles. The van der Waals surface area contributed by atoms with Crippen molar-refractivity contribution in [3.8, 4) is 0 Å². The Kier molecular flexibility index (Phi) is 3.15. The molecule has 0 radical (unpaired) electrons. The van der Waals surface area contributed by atoms with Crippen LogP contribution in [0.15, 0.2) is 5.38 Å². The Balaban J connectivity index is 1.90. The van der Waals surface area contributed by atoms with E-state index in [0.717, 1.165) is 26.2 Å². The highest BCUT2D eigenvalue weighted by atomic mass is 32.1. The summed E-state index contributed by atoms with van der Waals surface area (Å²) in [6.45, 7) is 8.69. The summed E-state index contributed by atoms with van der Waals surface area (Å²) >= 11 is 1.74. The Morgan fingerprint density at radius 3 is 3.21 bits per heavy atom. The number of aromatic nitrogens is 1. The summed E-state index contributed by atoms with van der Waals surface area (Å²) in [5.74, 6) is 0. The molecule has 0 amide bonds. The van der Waals surface area contributed by atoms with Crippen molar-refractivity contribution in [2.24, 2.45) is 0 Å². The smallest absolute Gasteiger partial charge is 0.0897 e. The molecule has 2 rings (SSSR count). The minimum atomic E-state index is 0.614. The lowest BCUT2D eigenvalue weighted by Gasteiger charge is -2.31. The van der Waals surface area contributed by atoms with E-state index < -0.39 is 0 Å². The van der Waals surface area contributed by atoms with Gasteiger partial charge in [0.2, 0.25) is 0 Å². The first-order chi connectivity index (χ1) is 6.74. The Hall–Kier alpha value is -0.450. The van der Waals surface area contributed by atoms with Gasteiger partial charge in [-0.3, -0.25) is 4.90 Å². The number of hydrogen-bond acceptors (Lipinski definition) is 4.